The van der Waals surface area contributed by atoms with Gasteiger partial charge in [-0.2, -0.15) is 0 Å². The molecule has 1 amide bonds. The normalized spacial score (nSPS) is 12.5. The standard InChI is InChI=1S/C19H22ClN3O3/c1-4-14-8-9-15(10-17(14)18(20)22-19(24)25)13(3)23-26-11-16-7-5-6-12(2)21-16/h5-10,18,22H,4,11H2,1-3H3,(H,24,25). The van der Waals surface area contributed by atoms with E-state index in [-0.39, 0.29) is 6.61 Å². The van der Waals surface area contributed by atoms with Gasteiger partial charge in [-0.25, -0.2) is 4.79 Å². The predicted octanol–water partition coefficient (Wildman–Crippen LogP) is 4.40. The lowest BCUT2D eigenvalue weighted by Gasteiger charge is -2.15. The number of rotatable bonds is 7. The molecule has 0 aliphatic heterocycles. The molecule has 0 aliphatic rings. The fourth-order valence-corrected chi connectivity index (χ4v) is 2.79. The first kappa shape index (κ1) is 19.7. The summed E-state index contributed by atoms with van der Waals surface area (Å²) < 4.78 is 0. The molecule has 0 bridgehead atoms. The van der Waals surface area contributed by atoms with Gasteiger partial charge in [0.2, 0.25) is 0 Å². The van der Waals surface area contributed by atoms with Crippen molar-refractivity contribution in [3.8, 4) is 0 Å². The molecule has 0 saturated heterocycles. The van der Waals surface area contributed by atoms with Crippen LogP contribution in [0.5, 0.6) is 0 Å². The Labute approximate surface area is 157 Å². The smallest absolute Gasteiger partial charge is 0.406 e. The van der Waals surface area contributed by atoms with Gasteiger partial charge in [0.15, 0.2) is 6.61 Å². The number of halogens is 1. The van der Waals surface area contributed by atoms with Crippen LogP contribution in [0.25, 0.3) is 0 Å². The van der Waals surface area contributed by atoms with E-state index < -0.39 is 11.6 Å². The lowest BCUT2D eigenvalue weighted by molar-refractivity contribution is 0.127. The number of amides is 1. The Hall–Kier alpha value is -2.60. The number of carboxylic acid groups (broad SMARTS) is 1. The zero-order valence-corrected chi connectivity index (χ0v) is 15.7. The summed E-state index contributed by atoms with van der Waals surface area (Å²) in [6.45, 7) is 6.00. The first-order valence-electron chi connectivity index (χ1n) is 8.26. The topological polar surface area (TPSA) is 83.8 Å². The summed E-state index contributed by atoms with van der Waals surface area (Å²) in [5.41, 5.74) is 4.06. The zero-order valence-electron chi connectivity index (χ0n) is 15.0. The van der Waals surface area contributed by atoms with Crippen LogP contribution in [0.4, 0.5) is 4.79 Å². The van der Waals surface area contributed by atoms with Crippen LogP contribution in [-0.2, 0) is 17.9 Å². The zero-order chi connectivity index (χ0) is 19.1. The molecule has 1 aromatic carbocycles. The van der Waals surface area contributed by atoms with Crippen molar-refractivity contribution in [3.63, 3.8) is 0 Å². The number of benzene rings is 1. The minimum absolute atomic E-state index is 0.275. The maximum absolute atomic E-state index is 10.9. The predicted molar refractivity (Wildman–Crippen MR) is 102 cm³/mol. The molecule has 0 saturated carbocycles. The molecule has 0 radical (unpaired) electrons. The van der Waals surface area contributed by atoms with Gasteiger partial charge in [0.05, 0.1) is 11.4 Å². The molecule has 1 aromatic heterocycles. The molecule has 0 aliphatic carbocycles. The van der Waals surface area contributed by atoms with Crippen LogP contribution in [0.3, 0.4) is 0 Å². The number of aromatic nitrogens is 1. The Morgan fingerprint density at radius 1 is 1.38 bits per heavy atom. The number of aryl methyl sites for hydroxylation is 2. The van der Waals surface area contributed by atoms with Crippen LogP contribution in [0.1, 0.15) is 47.4 Å². The van der Waals surface area contributed by atoms with Gasteiger partial charge in [-0.1, -0.05) is 41.9 Å². The second kappa shape index (κ2) is 9.20. The average molecular weight is 376 g/mol. The summed E-state index contributed by atoms with van der Waals surface area (Å²) in [6.07, 6.45) is -0.428. The molecule has 2 aromatic rings. The lowest BCUT2D eigenvalue weighted by atomic mass is 10.00. The number of nitrogens with one attached hydrogen (secondary N) is 1. The summed E-state index contributed by atoms with van der Waals surface area (Å²) in [5.74, 6) is 0. The van der Waals surface area contributed by atoms with Gasteiger partial charge < -0.3 is 15.3 Å². The molecule has 2 N–H and O–H groups in total. The second-order valence-electron chi connectivity index (χ2n) is 5.80. The molecule has 1 heterocycles. The van der Waals surface area contributed by atoms with Gasteiger partial charge in [-0.15, -0.1) is 0 Å². The van der Waals surface area contributed by atoms with E-state index in [1.807, 2.05) is 57.2 Å². The molecule has 1 unspecified atom stereocenters. The second-order valence-corrected chi connectivity index (χ2v) is 6.24. The quantitative estimate of drug-likeness (QED) is 0.325. The number of carbonyl (C=O) groups is 1. The maximum atomic E-state index is 10.9. The molecular weight excluding hydrogens is 354 g/mol. The molecule has 2 rings (SSSR count). The Morgan fingerprint density at radius 3 is 2.81 bits per heavy atom. The number of hydrogen-bond acceptors (Lipinski definition) is 4. The maximum Gasteiger partial charge on any atom is 0.406 e. The van der Waals surface area contributed by atoms with Crippen LogP contribution in [0.15, 0.2) is 41.6 Å². The van der Waals surface area contributed by atoms with E-state index in [4.69, 9.17) is 21.5 Å². The van der Waals surface area contributed by atoms with Crippen molar-refractivity contribution in [3.05, 3.63) is 64.5 Å². The van der Waals surface area contributed by atoms with E-state index in [1.54, 1.807) is 0 Å². The first-order valence-corrected chi connectivity index (χ1v) is 8.70. The Kier molecular flexibility index (Phi) is 6.97. The van der Waals surface area contributed by atoms with Crippen molar-refractivity contribution in [2.75, 3.05) is 0 Å². The molecule has 7 heteroatoms. The molecule has 26 heavy (non-hydrogen) atoms. The van der Waals surface area contributed by atoms with Crippen molar-refractivity contribution < 1.29 is 14.7 Å². The average Bonchev–Trinajstić information content (AvgIpc) is 2.60. The third-order valence-electron chi connectivity index (χ3n) is 3.83. The minimum Gasteiger partial charge on any atom is -0.465 e. The molecule has 1 atom stereocenters. The van der Waals surface area contributed by atoms with E-state index >= 15 is 0 Å². The Balaban J connectivity index is 2.14. The van der Waals surface area contributed by atoms with Crippen LogP contribution >= 0.6 is 11.6 Å². The minimum atomic E-state index is -1.17. The van der Waals surface area contributed by atoms with Gasteiger partial charge in [0, 0.05) is 5.69 Å². The van der Waals surface area contributed by atoms with E-state index in [2.05, 4.69) is 15.5 Å². The summed E-state index contributed by atoms with van der Waals surface area (Å²) in [6, 6.07) is 11.4. The monoisotopic (exact) mass is 375 g/mol. The van der Waals surface area contributed by atoms with Gasteiger partial charge in [0.25, 0.3) is 0 Å². The van der Waals surface area contributed by atoms with Gasteiger partial charge in [-0.05, 0) is 55.2 Å². The van der Waals surface area contributed by atoms with Crippen molar-refractivity contribution in [2.24, 2.45) is 5.16 Å². The molecule has 138 valence electrons. The van der Waals surface area contributed by atoms with Gasteiger partial charge in [0.1, 0.15) is 5.50 Å². The fraction of sp³-hybridized carbons (Fsp3) is 0.316. The number of hydrogen-bond donors (Lipinski definition) is 2. The highest BCUT2D eigenvalue weighted by molar-refractivity contribution is 6.21. The summed E-state index contributed by atoms with van der Waals surface area (Å²) in [5, 5.41) is 15.3. The summed E-state index contributed by atoms with van der Waals surface area (Å²) in [4.78, 5) is 20.6. The van der Waals surface area contributed by atoms with Gasteiger partial charge >= 0.3 is 6.09 Å². The Bertz CT molecular complexity index is 808. The number of oxime groups is 1. The van der Waals surface area contributed by atoms with Crippen LogP contribution in [0.2, 0.25) is 0 Å². The van der Waals surface area contributed by atoms with E-state index in [9.17, 15) is 4.79 Å². The van der Waals surface area contributed by atoms with Crippen molar-refractivity contribution in [1.29, 1.82) is 0 Å². The van der Waals surface area contributed by atoms with Crippen LogP contribution in [-0.4, -0.2) is 21.9 Å². The lowest BCUT2D eigenvalue weighted by Crippen LogP contribution is -2.24. The highest BCUT2D eigenvalue weighted by Gasteiger charge is 2.15. The van der Waals surface area contributed by atoms with Crippen LogP contribution in [0, 0.1) is 6.92 Å². The summed E-state index contributed by atoms with van der Waals surface area (Å²) in [7, 11) is 0. The molecule has 0 spiro atoms. The fourth-order valence-electron chi connectivity index (χ4n) is 2.49. The Morgan fingerprint density at radius 2 is 2.15 bits per heavy atom. The van der Waals surface area contributed by atoms with E-state index in [1.165, 1.54) is 0 Å². The van der Waals surface area contributed by atoms with E-state index in [0.29, 0.717) is 11.3 Å². The van der Waals surface area contributed by atoms with Crippen molar-refractivity contribution in [1.82, 2.24) is 10.3 Å². The largest absolute Gasteiger partial charge is 0.465 e. The van der Waals surface area contributed by atoms with Crippen molar-refractivity contribution >= 4 is 23.4 Å². The van der Waals surface area contributed by atoms with Crippen LogP contribution < -0.4 is 5.32 Å². The number of alkyl halides is 1. The van der Waals surface area contributed by atoms with Gasteiger partial charge in [-0.3, -0.25) is 4.98 Å². The molecule has 0 fully saturated rings. The summed E-state index contributed by atoms with van der Waals surface area (Å²) >= 11 is 6.19. The van der Waals surface area contributed by atoms with Crippen molar-refractivity contribution in [2.45, 2.75) is 39.3 Å². The number of nitrogens with zero attached hydrogens (tertiary/aromatic N) is 2. The molecule has 6 nitrogen and oxygen atoms in total. The molecular formula is C19H22ClN3O3. The third kappa shape index (κ3) is 5.46. The number of pyridine rings is 1. The SMILES string of the molecule is CCc1ccc(C(C)=NOCc2cccc(C)n2)cc1C(Cl)NC(=O)O. The van der Waals surface area contributed by atoms with E-state index in [0.717, 1.165) is 28.9 Å². The third-order valence-corrected chi connectivity index (χ3v) is 4.17. The highest BCUT2D eigenvalue weighted by atomic mass is 35.5. The highest BCUT2D eigenvalue weighted by Crippen LogP contribution is 2.24. The first-order chi connectivity index (χ1) is 12.4.